The minimum absolute atomic E-state index is 0.194. The second-order valence-electron chi connectivity index (χ2n) is 5.33. The Balaban J connectivity index is 1.81. The summed E-state index contributed by atoms with van der Waals surface area (Å²) in [5.41, 5.74) is 0.308. The molecule has 0 bridgehead atoms. The van der Waals surface area contributed by atoms with Crippen molar-refractivity contribution in [2.75, 3.05) is 11.9 Å². The topological polar surface area (TPSA) is 66.5 Å². The number of carbonyl (C=O) groups is 1. The van der Waals surface area contributed by atoms with Crippen molar-refractivity contribution in [3.05, 3.63) is 46.0 Å². The third-order valence-corrected chi connectivity index (χ3v) is 7.71. The van der Waals surface area contributed by atoms with Crippen LogP contribution in [0.15, 0.2) is 44.4 Å². The number of benzene rings is 1. The van der Waals surface area contributed by atoms with Crippen LogP contribution in [-0.4, -0.2) is 31.2 Å². The molecule has 0 unspecified atom stereocenters. The van der Waals surface area contributed by atoms with E-state index < -0.39 is 27.8 Å². The lowest BCUT2D eigenvalue weighted by Crippen LogP contribution is -2.42. The highest BCUT2D eigenvalue weighted by molar-refractivity contribution is 9.11. The number of halogens is 2. The summed E-state index contributed by atoms with van der Waals surface area (Å²) in [6.45, 7) is 0.291. The predicted molar refractivity (Wildman–Crippen MR) is 94.0 cm³/mol. The number of sulfonamides is 1. The van der Waals surface area contributed by atoms with Crippen molar-refractivity contribution in [3.8, 4) is 0 Å². The molecule has 128 valence electrons. The fourth-order valence-electron chi connectivity index (χ4n) is 2.63. The van der Waals surface area contributed by atoms with Crippen molar-refractivity contribution < 1.29 is 17.6 Å². The zero-order valence-electron chi connectivity index (χ0n) is 12.4. The number of amides is 1. The zero-order valence-corrected chi connectivity index (χ0v) is 15.6. The van der Waals surface area contributed by atoms with Gasteiger partial charge in [0.05, 0.1) is 3.79 Å². The van der Waals surface area contributed by atoms with Crippen molar-refractivity contribution in [1.82, 2.24) is 4.31 Å². The average Bonchev–Trinajstić information content (AvgIpc) is 3.16. The standard InChI is InChI=1S/C15H14BrFN2O3S2/c16-13-6-7-14(23-13)24(21,22)19-8-2-5-12(19)15(20)18-11-4-1-3-10(17)9-11/h1,3-4,6-7,9,12H,2,5,8H2,(H,18,20)/t12-/m1/s1. The molecule has 1 atom stereocenters. The molecular formula is C15H14BrFN2O3S2. The van der Waals surface area contributed by atoms with Crippen molar-refractivity contribution in [1.29, 1.82) is 0 Å². The van der Waals surface area contributed by atoms with Crippen LogP contribution in [-0.2, 0) is 14.8 Å². The molecule has 1 amide bonds. The summed E-state index contributed by atoms with van der Waals surface area (Å²) < 4.78 is 40.8. The molecule has 2 heterocycles. The zero-order chi connectivity index (χ0) is 17.3. The van der Waals surface area contributed by atoms with Gasteiger partial charge >= 0.3 is 0 Å². The summed E-state index contributed by atoms with van der Waals surface area (Å²) in [5, 5.41) is 2.59. The van der Waals surface area contributed by atoms with E-state index in [9.17, 15) is 17.6 Å². The van der Waals surface area contributed by atoms with E-state index in [1.165, 1.54) is 28.6 Å². The Bertz CT molecular complexity index is 869. The summed E-state index contributed by atoms with van der Waals surface area (Å²) in [6.07, 6.45) is 1.04. The molecule has 0 saturated carbocycles. The van der Waals surface area contributed by atoms with Crippen LogP contribution in [0.2, 0.25) is 0 Å². The van der Waals surface area contributed by atoms with E-state index in [2.05, 4.69) is 21.2 Å². The van der Waals surface area contributed by atoms with Gasteiger partial charge in [-0.15, -0.1) is 11.3 Å². The number of hydrogen-bond donors (Lipinski definition) is 1. The van der Waals surface area contributed by atoms with Gasteiger partial charge in [0.15, 0.2) is 0 Å². The number of nitrogens with one attached hydrogen (secondary N) is 1. The second kappa shape index (κ2) is 6.91. The summed E-state index contributed by atoms with van der Waals surface area (Å²) in [7, 11) is -3.73. The number of nitrogens with zero attached hydrogens (tertiary/aromatic N) is 1. The van der Waals surface area contributed by atoms with Crippen LogP contribution in [0.25, 0.3) is 0 Å². The Labute approximate surface area is 151 Å². The summed E-state index contributed by atoms with van der Waals surface area (Å²) in [5.74, 6) is -0.913. The lowest BCUT2D eigenvalue weighted by atomic mass is 10.2. The Morgan fingerprint density at radius 2 is 2.12 bits per heavy atom. The molecule has 0 aliphatic carbocycles. The third kappa shape index (κ3) is 3.53. The van der Waals surface area contributed by atoms with Crippen LogP contribution in [0.1, 0.15) is 12.8 Å². The second-order valence-corrected chi connectivity index (χ2v) is 9.91. The maximum Gasteiger partial charge on any atom is 0.253 e. The van der Waals surface area contributed by atoms with Crippen LogP contribution in [0, 0.1) is 5.82 Å². The Morgan fingerprint density at radius 3 is 2.79 bits per heavy atom. The van der Waals surface area contributed by atoms with E-state index >= 15 is 0 Å². The molecule has 9 heteroatoms. The van der Waals surface area contributed by atoms with Crippen LogP contribution in [0.3, 0.4) is 0 Å². The minimum Gasteiger partial charge on any atom is -0.325 e. The van der Waals surface area contributed by atoms with E-state index in [-0.39, 0.29) is 4.21 Å². The lowest BCUT2D eigenvalue weighted by molar-refractivity contribution is -0.119. The molecule has 1 aliphatic heterocycles. The lowest BCUT2D eigenvalue weighted by Gasteiger charge is -2.22. The monoisotopic (exact) mass is 432 g/mol. The van der Waals surface area contributed by atoms with Gasteiger partial charge in [-0.05, 0) is 59.1 Å². The smallest absolute Gasteiger partial charge is 0.253 e. The normalized spacial score (nSPS) is 18.7. The molecule has 0 radical (unpaired) electrons. The number of thiophene rings is 1. The van der Waals surface area contributed by atoms with Gasteiger partial charge in [-0.25, -0.2) is 12.8 Å². The van der Waals surface area contributed by atoms with Gasteiger partial charge in [0.25, 0.3) is 10.0 Å². The van der Waals surface area contributed by atoms with Crippen molar-refractivity contribution in [2.24, 2.45) is 0 Å². The molecule has 1 aromatic heterocycles. The molecule has 1 saturated heterocycles. The summed E-state index contributed by atoms with van der Waals surface area (Å²) >= 11 is 4.36. The minimum atomic E-state index is -3.73. The van der Waals surface area contributed by atoms with Crippen LogP contribution in [0.5, 0.6) is 0 Å². The molecular weight excluding hydrogens is 419 g/mol. The summed E-state index contributed by atoms with van der Waals surface area (Å²) in [4.78, 5) is 12.5. The van der Waals surface area contributed by atoms with Crippen LogP contribution < -0.4 is 5.32 Å². The molecule has 1 aliphatic rings. The van der Waals surface area contributed by atoms with Crippen molar-refractivity contribution in [2.45, 2.75) is 23.1 Å². The number of anilines is 1. The van der Waals surface area contributed by atoms with Gasteiger partial charge in [-0.1, -0.05) is 6.07 Å². The Kier molecular flexibility index (Phi) is 5.05. The van der Waals surface area contributed by atoms with E-state index in [1.807, 2.05) is 0 Å². The fraction of sp³-hybridized carbons (Fsp3) is 0.267. The van der Waals surface area contributed by atoms with E-state index in [0.29, 0.717) is 28.9 Å². The molecule has 24 heavy (non-hydrogen) atoms. The predicted octanol–water partition coefficient (Wildman–Crippen LogP) is 3.44. The highest BCUT2D eigenvalue weighted by Crippen LogP contribution is 2.32. The first-order chi connectivity index (χ1) is 11.4. The molecule has 1 N–H and O–H groups in total. The van der Waals surface area contributed by atoms with Gasteiger partial charge in [0.2, 0.25) is 5.91 Å². The number of rotatable bonds is 4. The molecule has 3 rings (SSSR count). The largest absolute Gasteiger partial charge is 0.325 e. The van der Waals surface area contributed by atoms with E-state index in [4.69, 9.17) is 0 Å². The number of carbonyl (C=O) groups excluding carboxylic acids is 1. The first kappa shape index (κ1) is 17.5. The van der Waals surface area contributed by atoms with Gasteiger partial charge < -0.3 is 5.32 Å². The van der Waals surface area contributed by atoms with E-state index in [0.717, 1.165) is 11.3 Å². The molecule has 2 aromatic rings. The molecule has 5 nitrogen and oxygen atoms in total. The Morgan fingerprint density at radius 1 is 1.33 bits per heavy atom. The maximum atomic E-state index is 13.2. The van der Waals surface area contributed by atoms with Crippen LogP contribution >= 0.6 is 27.3 Å². The van der Waals surface area contributed by atoms with Crippen molar-refractivity contribution in [3.63, 3.8) is 0 Å². The average molecular weight is 433 g/mol. The van der Waals surface area contributed by atoms with Gasteiger partial charge in [-0.2, -0.15) is 4.31 Å². The fourth-order valence-corrected chi connectivity index (χ4v) is 6.43. The van der Waals surface area contributed by atoms with Gasteiger partial charge in [0, 0.05) is 12.2 Å². The highest BCUT2D eigenvalue weighted by atomic mass is 79.9. The Hall–Kier alpha value is -1.29. The number of hydrogen-bond acceptors (Lipinski definition) is 4. The van der Waals surface area contributed by atoms with Gasteiger partial charge in [-0.3, -0.25) is 4.79 Å². The van der Waals surface area contributed by atoms with Gasteiger partial charge in [0.1, 0.15) is 16.1 Å². The molecule has 0 spiro atoms. The first-order valence-electron chi connectivity index (χ1n) is 7.21. The highest BCUT2D eigenvalue weighted by Gasteiger charge is 2.40. The molecule has 1 fully saturated rings. The van der Waals surface area contributed by atoms with Crippen molar-refractivity contribution >= 4 is 48.9 Å². The third-order valence-electron chi connectivity index (χ3n) is 3.71. The van der Waals surface area contributed by atoms with E-state index in [1.54, 1.807) is 12.1 Å². The van der Waals surface area contributed by atoms with Crippen LogP contribution in [0.4, 0.5) is 10.1 Å². The maximum absolute atomic E-state index is 13.2. The first-order valence-corrected chi connectivity index (χ1v) is 10.3. The summed E-state index contributed by atoms with van der Waals surface area (Å²) in [6, 6.07) is 7.90. The quantitative estimate of drug-likeness (QED) is 0.804. The SMILES string of the molecule is O=C(Nc1cccc(F)c1)[C@H]1CCCN1S(=O)(=O)c1ccc(Br)s1. The molecule has 1 aromatic carbocycles.